The van der Waals surface area contributed by atoms with Crippen LogP contribution in [0.15, 0.2) is 60.9 Å². The molecule has 0 bridgehead atoms. The van der Waals surface area contributed by atoms with E-state index in [-0.39, 0.29) is 12.1 Å². The molecule has 2 aromatic carbocycles. The third kappa shape index (κ3) is 2.19. The van der Waals surface area contributed by atoms with Crippen LogP contribution < -0.4 is 0 Å². The fourth-order valence-corrected chi connectivity index (χ4v) is 3.35. The average molecular weight is 317 g/mol. The minimum Gasteiger partial charge on any atom is -0.361 e. The number of amides is 2. The van der Waals surface area contributed by atoms with E-state index in [2.05, 4.69) is 29.2 Å². The van der Waals surface area contributed by atoms with Gasteiger partial charge in [0, 0.05) is 43.0 Å². The lowest BCUT2D eigenvalue weighted by atomic mass is 9.91. The standard InChI is InChI=1S/C20H19N3O/c1-22(2)20(24)23-12-11-14-7-3-4-8-15(14)19(23)17-13-21-18-10-6-5-9-16(17)18/h3-13,19,21H,1-2H3/t19-/m0/s1. The number of aromatic amines is 1. The van der Waals surface area contributed by atoms with Crippen LogP contribution in [0.3, 0.4) is 0 Å². The van der Waals surface area contributed by atoms with Crippen LogP contribution in [-0.2, 0) is 0 Å². The van der Waals surface area contributed by atoms with Gasteiger partial charge >= 0.3 is 6.03 Å². The highest BCUT2D eigenvalue weighted by Gasteiger charge is 2.31. The molecule has 3 aromatic rings. The van der Waals surface area contributed by atoms with Gasteiger partial charge in [-0.3, -0.25) is 4.90 Å². The van der Waals surface area contributed by atoms with Crippen LogP contribution in [0, 0.1) is 0 Å². The lowest BCUT2D eigenvalue weighted by molar-refractivity contribution is 0.179. The van der Waals surface area contributed by atoms with E-state index in [0.29, 0.717) is 0 Å². The van der Waals surface area contributed by atoms with Crippen molar-refractivity contribution in [3.05, 3.63) is 77.6 Å². The Morgan fingerprint density at radius 2 is 1.79 bits per heavy atom. The number of aromatic nitrogens is 1. The van der Waals surface area contributed by atoms with Gasteiger partial charge in [-0.2, -0.15) is 0 Å². The normalized spacial score (nSPS) is 16.2. The minimum atomic E-state index is -0.141. The highest BCUT2D eigenvalue weighted by Crippen LogP contribution is 2.38. The molecule has 0 saturated carbocycles. The summed E-state index contributed by atoms with van der Waals surface area (Å²) in [6.45, 7) is 0. The third-order valence-corrected chi connectivity index (χ3v) is 4.50. The molecule has 120 valence electrons. The number of carbonyl (C=O) groups is 1. The van der Waals surface area contributed by atoms with Crippen LogP contribution in [-0.4, -0.2) is 34.9 Å². The summed E-state index contributed by atoms with van der Waals surface area (Å²) in [6, 6.07) is 16.3. The van der Waals surface area contributed by atoms with Gasteiger partial charge in [0.25, 0.3) is 0 Å². The summed E-state index contributed by atoms with van der Waals surface area (Å²) in [6.07, 6.45) is 5.90. The second kappa shape index (κ2) is 5.57. The Balaban J connectivity index is 1.93. The first kappa shape index (κ1) is 14.6. The van der Waals surface area contributed by atoms with E-state index in [1.165, 1.54) is 0 Å². The highest BCUT2D eigenvalue weighted by atomic mass is 16.2. The molecule has 0 fully saturated rings. The number of nitrogens with zero attached hydrogens (tertiary/aromatic N) is 2. The summed E-state index contributed by atoms with van der Waals surface area (Å²) in [7, 11) is 3.56. The number of hydrogen-bond acceptors (Lipinski definition) is 1. The highest BCUT2D eigenvalue weighted by molar-refractivity contribution is 5.86. The van der Waals surface area contributed by atoms with E-state index < -0.39 is 0 Å². The van der Waals surface area contributed by atoms with Gasteiger partial charge in [-0.15, -0.1) is 0 Å². The summed E-state index contributed by atoms with van der Waals surface area (Å²) in [5, 5.41) is 1.14. The molecule has 0 spiro atoms. The van der Waals surface area contributed by atoms with Gasteiger partial charge in [0.1, 0.15) is 0 Å². The first-order valence-corrected chi connectivity index (χ1v) is 7.99. The summed E-state index contributed by atoms with van der Waals surface area (Å²) in [4.78, 5) is 19.5. The van der Waals surface area contributed by atoms with Crippen molar-refractivity contribution in [3.63, 3.8) is 0 Å². The molecule has 0 radical (unpaired) electrons. The quantitative estimate of drug-likeness (QED) is 0.717. The SMILES string of the molecule is CN(C)C(=O)N1C=Cc2ccccc2[C@H]1c1c[nH]c2ccccc12. The lowest BCUT2D eigenvalue weighted by Gasteiger charge is -2.35. The Kier molecular flexibility index (Phi) is 3.38. The predicted octanol–water partition coefficient (Wildman–Crippen LogP) is 4.23. The van der Waals surface area contributed by atoms with Gasteiger partial charge in [-0.1, -0.05) is 42.5 Å². The third-order valence-electron chi connectivity index (χ3n) is 4.50. The zero-order chi connectivity index (χ0) is 16.7. The van der Waals surface area contributed by atoms with Crippen LogP contribution in [0.1, 0.15) is 22.7 Å². The Morgan fingerprint density at radius 1 is 1.04 bits per heavy atom. The molecule has 4 nitrogen and oxygen atoms in total. The maximum atomic E-state index is 12.7. The number of H-pyrrole nitrogens is 1. The maximum absolute atomic E-state index is 12.7. The van der Waals surface area contributed by atoms with Crippen molar-refractivity contribution in [1.29, 1.82) is 0 Å². The molecule has 1 aliphatic rings. The molecule has 0 aliphatic carbocycles. The van der Waals surface area contributed by atoms with Crippen molar-refractivity contribution in [1.82, 2.24) is 14.8 Å². The number of fused-ring (bicyclic) bond motifs is 2. The van der Waals surface area contributed by atoms with Crippen LogP contribution in [0.2, 0.25) is 0 Å². The lowest BCUT2D eigenvalue weighted by Crippen LogP contribution is -2.39. The molecule has 1 atom stereocenters. The van der Waals surface area contributed by atoms with Gasteiger partial charge in [0.05, 0.1) is 6.04 Å². The first-order chi connectivity index (χ1) is 11.7. The van der Waals surface area contributed by atoms with E-state index in [4.69, 9.17) is 0 Å². The van der Waals surface area contributed by atoms with Gasteiger partial charge in [-0.25, -0.2) is 4.79 Å². The molecule has 24 heavy (non-hydrogen) atoms. The van der Waals surface area contributed by atoms with E-state index >= 15 is 0 Å². The molecular formula is C20H19N3O. The molecular weight excluding hydrogens is 298 g/mol. The van der Waals surface area contributed by atoms with Crippen molar-refractivity contribution < 1.29 is 4.79 Å². The largest absolute Gasteiger partial charge is 0.361 e. The number of nitrogens with one attached hydrogen (secondary N) is 1. The van der Waals surface area contributed by atoms with Crippen LogP contribution in [0.25, 0.3) is 17.0 Å². The molecule has 1 aromatic heterocycles. The van der Waals surface area contributed by atoms with Crippen molar-refractivity contribution in [3.8, 4) is 0 Å². The molecule has 0 unspecified atom stereocenters. The smallest absolute Gasteiger partial charge is 0.324 e. The number of urea groups is 1. The van der Waals surface area contributed by atoms with E-state index in [9.17, 15) is 4.79 Å². The summed E-state index contributed by atoms with van der Waals surface area (Å²) in [5.74, 6) is 0. The molecule has 4 heteroatoms. The summed E-state index contributed by atoms with van der Waals surface area (Å²) < 4.78 is 0. The number of rotatable bonds is 1. The summed E-state index contributed by atoms with van der Waals surface area (Å²) in [5.41, 5.74) is 4.48. The molecule has 2 amide bonds. The van der Waals surface area contributed by atoms with E-state index in [1.54, 1.807) is 23.9 Å². The van der Waals surface area contributed by atoms with Crippen LogP contribution >= 0.6 is 0 Å². The maximum Gasteiger partial charge on any atom is 0.324 e. The number of hydrogen-bond donors (Lipinski definition) is 1. The monoisotopic (exact) mass is 317 g/mol. The van der Waals surface area contributed by atoms with Crippen molar-refractivity contribution >= 4 is 23.0 Å². The average Bonchev–Trinajstić information content (AvgIpc) is 3.03. The molecule has 2 heterocycles. The molecule has 4 rings (SSSR count). The van der Waals surface area contributed by atoms with Crippen molar-refractivity contribution in [2.45, 2.75) is 6.04 Å². The topological polar surface area (TPSA) is 39.3 Å². The molecule has 0 saturated heterocycles. The predicted molar refractivity (Wildman–Crippen MR) is 96.5 cm³/mol. The molecule has 1 N–H and O–H groups in total. The second-order valence-corrected chi connectivity index (χ2v) is 6.22. The van der Waals surface area contributed by atoms with E-state index in [0.717, 1.165) is 27.6 Å². The van der Waals surface area contributed by atoms with Gasteiger partial charge in [0.15, 0.2) is 0 Å². The zero-order valence-electron chi connectivity index (χ0n) is 13.7. The van der Waals surface area contributed by atoms with E-state index in [1.807, 2.05) is 42.7 Å². The van der Waals surface area contributed by atoms with Crippen LogP contribution in [0.5, 0.6) is 0 Å². The number of benzene rings is 2. The van der Waals surface area contributed by atoms with Crippen LogP contribution in [0.4, 0.5) is 4.79 Å². The fraction of sp³-hybridized carbons (Fsp3) is 0.150. The Labute approximate surface area is 141 Å². The van der Waals surface area contributed by atoms with Crippen molar-refractivity contribution in [2.24, 2.45) is 0 Å². The fourth-order valence-electron chi connectivity index (χ4n) is 3.35. The number of carbonyl (C=O) groups excluding carboxylic acids is 1. The second-order valence-electron chi connectivity index (χ2n) is 6.22. The Bertz CT molecular complexity index is 939. The Hall–Kier alpha value is -3.01. The minimum absolute atomic E-state index is 0.0314. The Morgan fingerprint density at radius 3 is 2.62 bits per heavy atom. The molecule has 1 aliphatic heterocycles. The van der Waals surface area contributed by atoms with Gasteiger partial charge in [0.2, 0.25) is 0 Å². The van der Waals surface area contributed by atoms with Gasteiger partial charge in [-0.05, 0) is 23.3 Å². The zero-order valence-corrected chi connectivity index (χ0v) is 13.7. The number of para-hydroxylation sites is 1. The van der Waals surface area contributed by atoms with Crippen molar-refractivity contribution in [2.75, 3.05) is 14.1 Å². The summed E-state index contributed by atoms with van der Waals surface area (Å²) >= 11 is 0. The van der Waals surface area contributed by atoms with Gasteiger partial charge < -0.3 is 9.88 Å². The first-order valence-electron chi connectivity index (χ1n) is 7.99.